The van der Waals surface area contributed by atoms with Crippen LogP contribution in [0.4, 0.5) is 5.69 Å². The van der Waals surface area contributed by atoms with Gasteiger partial charge in [0.05, 0.1) is 24.6 Å². The first-order valence-electron chi connectivity index (χ1n) is 8.01. The van der Waals surface area contributed by atoms with Crippen molar-refractivity contribution in [2.75, 3.05) is 24.5 Å². The quantitative estimate of drug-likeness (QED) is 0.910. The lowest BCUT2D eigenvalue weighted by Gasteiger charge is -2.33. The minimum Gasteiger partial charge on any atom is -0.400 e. The number of nitrogens with zero attached hydrogens (tertiary/aromatic N) is 4. The highest BCUT2D eigenvalue weighted by Gasteiger charge is 2.25. The predicted octanol–water partition coefficient (Wildman–Crippen LogP) is 2.29. The Bertz CT molecular complexity index is 586. The van der Waals surface area contributed by atoms with E-state index in [9.17, 15) is 0 Å². The summed E-state index contributed by atoms with van der Waals surface area (Å²) in [6.07, 6.45) is 8.20. The van der Waals surface area contributed by atoms with E-state index < -0.39 is 0 Å². The maximum absolute atomic E-state index is 5.82. The number of piperidine rings is 1. The Morgan fingerprint density at radius 3 is 2.27 bits per heavy atom. The Morgan fingerprint density at radius 2 is 1.77 bits per heavy atom. The molecule has 0 spiro atoms. The van der Waals surface area contributed by atoms with Gasteiger partial charge in [0.2, 0.25) is 0 Å². The molecule has 3 rings (SSSR count). The van der Waals surface area contributed by atoms with Gasteiger partial charge in [0.15, 0.2) is 0 Å². The van der Waals surface area contributed by atoms with E-state index in [0.29, 0.717) is 12.5 Å². The molecule has 0 unspecified atom stereocenters. The number of anilines is 1. The minimum atomic E-state index is -0.00158. The van der Waals surface area contributed by atoms with Crippen molar-refractivity contribution in [1.82, 2.24) is 9.97 Å². The fourth-order valence-corrected chi connectivity index (χ4v) is 3.02. The first kappa shape index (κ1) is 15.0. The molecule has 1 fully saturated rings. The van der Waals surface area contributed by atoms with Gasteiger partial charge in [-0.25, -0.2) is 9.97 Å². The molecule has 1 aromatic heterocycles. The second-order valence-corrected chi connectivity index (χ2v) is 7.24. The Kier molecular flexibility index (Phi) is 3.89. The molecule has 0 atom stereocenters. The van der Waals surface area contributed by atoms with Crippen LogP contribution in [0.5, 0.6) is 0 Å². The van der Waals surface area contributed by atoms with Crippen LogP contribution in [0.2, 0.25) is 0 Å². The standard InChI is InChI=1S/C17H25N5/c1-17(2,3)16-20-10-14(11-21-16)22-6-4-12(5-7-22)15-8-13(18)9-19-15/h8,10-12H,4-7,9,18H2,1-3H3. The summed E-state index contributed by atoms with van der Waals surface area (Å²) in [7, 11) is 0. The van der Waals surface area contributed by atoms with Crippen molar-refractivity contribution < 1.29 is 0 Å². The van der Waals surface area contributed by atoms with Crippen molar-refractivity contribution in [3.8, 4) is 0 Å². The maximum atomic E-state index is 5.82. The van der Waals surface area contributed by atoms with Crippen LogP contribution in [0.25, 0.3) is 0 Å². The molecule has 3 heterocycles. The van der Waals surface area contributed by atoms with E-state index in [-0.39, 0.29) is 5.41 Å². The molecule has 0 bridgehead atoms. The molecule has 5 nitrogen and oxygen atoms in total. The molecule has 118 valence electrons. The largest absolute Gasteiger partial charge is 0.400 e. The van der Waals surface area contributed by atoms with Crippen LogP contribution >= 0.6 is 0 Å². The summed E-state index contributed by atoms with van der Waals surface area (Å²) in [5.41, 5.74) is 9.02. The monoisotopic (exact) mass is 299 g/mol. The summed E-state index contributed by atoms with van der Waals surface area (Å²) in [6.45, 7) is 9.13. The van der Waals surface area contributed by atoms with Crippen molar-refractivity contribution in [3.05, 3.63) is 30.0 Å². The van der Waals surface area contributed by atoms with Crippen molar-refractivity contribution >= 4 is 11.4 Å². The predicted molar refractivity (Wildman–Crippen MR) is 90.2 cm³/mol. The summed E-state index contributed by atoms with van der Waals surface area (Å²) in [5.74, 6) is 1.44. The second kappa shape index (κ2) is 5.71. The van der Waals surface area contributed by atoms with Crippen molar-refractivity contribution in [2.24, 2.45) is 16.6 Å². The topological polar surface area (TPSA) is 67.4 Å². The normalized spacial score (nSPS) is 20.0. The number of hydrogen-bond acceptors (Lipinski definition) is 5. The third-order valence-corrected chi connectivity index (χ3v) is 4.36. The van der Waals surface area contributed by atoms with E-state index in [0.717, 1.165) is 43.1 Å². The average molecular weight is 299 g/mol. The molecule has 0 radical (unpaired) electrons. The molecule has 0 aliphatic carbocycles. The third kappa shape index (κ3) is 3.13. The van der Waals surface area contributed by atoms with E-state index in [1.165, 1.54) is 5.71 Å². The summed E-state index contributed by atoms with van der Waals surface area (Å²) in [6, 6.07) is 0. The molecule has 1 aromatic rings. The van der Waals surface area contributed by atoms with Gasteiger partial charge in [-0.1, -0.05) is 20.8 Å². The number of rotatable bonds is 2. The summed E-state index contributed by atoms with van der Waals surface area (Å²) >= 11 is 0. The molecule has 0 amide bonds. The van der Waals surface area contributed by atoms with Gasteiger partial charge in [0.25, 0.3) is 0 Å². The molecule has 0 saturated carbocycles. The van der Waals surface area contributed by atoms with Gasteiger partial charge in [-0.2, -0.15) is 0 Å². The number of aliphatic imine (C=N–C) groups is 1. The molecule has 0 aromatic carbocycles. The Balaban J connectivity index is 1.62. The maximum Gasteiger partial charge on any atom is 0.133 e. The van der Waals surface area contributed by atoms with E-state index in [4.69, 9.17) is 5.73 Å². The number of nitrogens with two attached hydrogens (primary N) is 1. The van der Waals surface area contributed by atoms with Crippen LogP contribution in [0, 0.1) is 5.92 Å². The number of aromatic nitrogens is 2. The fourth-order valence-electron chi connectivity index (χ4n) is 3.02. The molecule has 2 aliphatic rings. The number of hydrogen-bond donors (Lipinski definition) is 1. The highest BCUT2D eigenvalue weighted by molar-refractivity contribution is 5.99. The van der Waals surface area contributed by atoms with Gasteiger partial charge in [-0.05, 0) is 18.9 Å². The zero-order chi connectivity index (χ0) is 15.7. The van der Waals surface area contributed by atoms with Gasteiger partial charge in [0.1, 0.15) is 5.82 Å². The minimum absolute atomic E-state index is 0.00158. The lowest BCUT2D eigenvalue weighted by Crippen LogP contribution is -2.36. The van der Waals surface area contributed by atoms with Crippen LogP contribution < -0.4 is 10.6 Å². The van der Waals surface area contributed by atoms with Crippen molar-refractivity contribution in [3.63, 3.8) is 0 Å². The van der Waals surface area contributed by atoms with Gasteiger partial charge in [0, 0.05) is 35.8 Å². The van der Waals surface area contributed by atoms with E-state index >= 15 is 0 Å². The van der Waals surface area contributed by atoms with Crippen molar-refractivity contribution in [1.29, 1.82) is 0 Å². The average Bonchev–Trinajstić information content (AvgIpc) is 2.93. The Hall–Kier alpha value is -1.91. The van der Waals surface area contributed by atoms with Gasteiger partial charge >= 0.3 is 0 Å². The van der Waals surface area contributed by atoms with Crippen LogP contribution in [0.1, 0.15) is 39.4 Å². The summed E-state index contributed by atoms with van der Waals surface area (Å²) in [4.78, 5) is 16.0. The highest BCUT2D eigenvalue weighted by Crippen LogP contribution is 2.26. The van der Waals surface area contributed by atoms with Crippen LogP contribution in [0.3, 0.4) is 0 Å². The smallest absolute Gasteiger partial charge is 0.133 e. The first-order chi connectivity index (χ1) is 10.4. The Labute approximate surface area is 132 Å². The molecule has 22 heavy (non-hydrogen) atoms. The number of allylic oxidation sites excluding steroid dienone is 1. The fraction of sp³-hybridized carbons (Fsp3) is 0.588. The highest BCUT2D eigenvalue weighted by atomic mass is 15.2. The van der Waals surface area contributed by atoms with Crippen LogP contribution in [-0.4, -0.2) is 35.3 Å². The van der Waals surface area contributed by atoms with Gasteiger partial charge in [-0.15, -0.1) is 0 Å². The lowest BCUT2D eigenvalue weighted by atomic mass is 9.91. The zero-order valence-corrected chi connectivity index (χ0v) is 13.7. The molecule has 1 saturated heterocycles. The van der Waals surface area contributed by atoms with Crippen LogP contribution in [0.15, 0.2) is 29.2 Å². The third-order valence-electron chi connectivity index (χ3n) is 4.36. The van der Waals surface area contributed by atoms with Crippen LogP contribution in [-0.2, 0) is 5.41 Å². The molecule has 2 N–H and O–H groups in total. The summed E-state index contributed by atoms with van der Waals surface area (Å²) < 4.78 is 0. The van der Waals surface area contributed by atoms with E-state index in [1.54, 1.807) is 0 Å². The van der Waals surface area contributed by atoms with E-state index in [2.05, 4.69) is 46.7 Å². The first-order valence-corrected chi connectivity index (χ1v) is 8.01. The van der Waals surface area contributed by atoms with Crippen molar-refractivity contribution in [2.45, 2.75) is 39.0 Å². The molecular weight excluding hydrogens is 274 g/mol. The lowest BCUT2D eigenvalue weighted by molar-refractivity contribution is 0.501. The Morgan fingerprint density at radius 1 is 1.14 bits per heavy atom. The molecular formula is C17H25N5. The van der Waals surface area contributed by atoms with Gasteiger partial charge < -0.3 is 10.6 Å². The SMILES string of the molecule is CC(C)(C)c1ncc(N2CCC(C3=NCC(N)=C3)CC2)cn1. The second-order valence-electron chi connectivity index (χ2n) is 7.24. The van der Waals surface area contributed by atoms with Gasteiger partial charge in [-0.3, -0.25) is 4.99 Å². The summed E-state index contributed by atoms with van der Waals surface area (Å²) in [5, 5.41) is 0. The van der Waals surface area contributed by atoms with E-state index in [1.807, 2.05) is 12.4 Å². The zero-order valence-electron chi connectivity index (χ0n) is 13.7. The molecule has 2 aliphatic heterocycles. The molecule has 5 heteroatoms.